The third-order valence-electron chi connectivity index (χ3n) is 4.61. The van der Waals surface area contributed by atoms with Gasteiger partial charge in [0.2, 0.25) is 0 Å². The standard InChI is InChI=1S/C21H27N3O3/c1-15-9-16(2)13-24(12-15)20(25)14-27-21(26)18(11-22)10-17-5-7-19(8-6-17)23(3)4/h5-8,10,15-16H,9,12-14H2,1-4H3/b18-10+/t15-,16-/m0/s1. The molecule has 0 bridgehead atoms. The van der Waals surface area contributed by atoms with E-state index < -0.39 is 5.97 Å². The summed E-state index contributed by atoms with van der Waals surface area (Å²) in [7, 11) is 3.87. The highest BCUT2D eigenvalue weighted by molar-refractivity contribution is 5.98. The van der Waals surface area contributed by atoms with Crippen LogP contribution >= 0.6 is 0 Å². The first-order valence-corrected chi connectivity index (χ1v) is 9.14. The number of carbonyl (C=O) groups is 2. The molecule has 0 spiro atoms. The summed E-state index contributed by atoms with van der Waals surface area (Å²) in [5.74, 6) is -0.115. The molecule has 1 aliphatic heterocycles. The van der Waals surface area contributed by atoms with Gasteiger partial charge in [0.25, 0.3) is 5.91 Å². The molecule has 6 heteroatoms. The number of carbonyl (C=O) groups excluding carboxylic acids is 2. The Kier molecular flexibility index (Phi) is 7.00. The third-order valence-corrected chi connectivity index (χ3v) is 4.61. The normalized spacial score (nSPS) is 20.0. The van der Waals surface area contributed by atoms with Crippen molar-refractivity contribution in [3.8, 4) is 6.07 Å². The molecule has 2 rings (SSSR count). The lowest BCUT2D eigenvalue weighted by atomic mass is 9.92. The predicted molar refractivity (Wildman–Crippen MR) is 105 cm³/mol. The predicted octanol–water partition coefficient (Wildman–Crippen LogP) is 2.71. The Morgan fingerprint density at radius 1 is 1.22 bits per heavy atom. The van der Waals surface area contributed by atoms with Gasteiger partial charge in [0.15, 0.2) is 6.61 Å². The number of rotatable bonds is 5. The van der Waals surface area contributed by atoms with Crippen LogP contribution in [0.5, 0.6) is 0 Å². The molecular formula is C21H27N3O3. The van der Waals surface area contributed by atoms with Gasteiger partial charge in [-0.3, -0.25) is 4.79 Å². The van der Waals surface area contributed by atoms with E-state index in [4.69, 9.17) is 4.74 Å². The Morgan fingerprint density at radius 3 is 2.33 bits per heavy atom. The first-order chi connectivity index (χ1) is 12.8. The van der Waals surface area contributed by atoms with E-state index in [0.717, 1.165) is 17.7 Å². The fourth-order valence-electron chi connectivity index (χ4n) is 3.34. The van der Waals surface area contributed by atoms with Gasteiger partial charge in [-0.1, -0.05) is 26.0 Å². The van der Waals surface area contributed by atoms with Crippen molar-refractivity contribution in [2.45, 2.75) is 20.3 Å². The van der Waals surface area contributed by atoms with Gasteiger partial charge in [0, 0.05) is 32.9 Å². The zero-order valence-corrected chi connectivity index (χ0v) is 16.4. The van der Waals surface area contributed by atoms with Gasteiger partial charge in [0.05, 0.1) is 0 Å². The molecule has 1 fully saturated rings. The van der Waals surface area contributed by atoms with Crippen molar-refractivity contribution >= 4 is 23.6 Å². The largest absolute Gasteiger partial charge is 0.451 e. The van der Waals surface area contributed by atoms with Crippen LogP contribution in [-0.4, -0.2) is 50.6 Å². The molecule has 1 saturated heterocycles. The maximum Gasteiger partial charge on any atom is 0.349 e. The SMILES string of the molecule is C[C@H]1C[C@H](C)CN(C(=O)COC(=O)/C(C#N)=C/c2ccc(N(C)C)cc2)C1. The fraction of sp³-hybridized carbons (Fsp3) is 0.476. The molecule has 6 nitrogen and oxygen atoms in total. The lowest BCUT2D eigenvalue weighted by Gasteiger charge is -2.34. The van der Waals surface area contributed by atoms with Crippen LogP contribution in [0.1, 0.15) is 25.8 Å². The van der Waals surface area contributed by atoms with Crippen LogP contribution in [0.2, 0.25) is 0 Å². The van der Waals surface area contributed by atoms with Gasteiger partial charge in [-0.25, -0.2) is 4.79 Å². The fourth-order valence-corrected chi connectivity index (χ4v) is 3.34. The zero-order chi connectivity index (χ0) is 20.0. The molecule has 1 aliphatic rings. The van der Waals surface area contributed by atoms with Gasteiger partial charge in [0.1, 0.15) is 11.6 Å². The Hall–Kier alpha value is -2.81. The van der Waals surface area contributed by atoms with Crippen molar-refractivity contribution in [3.63, 3.8) is 0 Å². The summed E-state index contributed by atoms with van der Waals surface area (Å²) in [5, 5.41) is 9.26. The van der Waals surface area contributed by atoms with Gasteiger partial charge < -0.3 is 14.5 Å². The highest BCUT2D eigenvalue weighted by Gasteiger charge is 2.26. The maximum atomic E-state index is 12.3. The van der Waals surface area contributed by atoms with Gasteiger partial charge in [-0.05, 0) is 42.0 Å². The van der Waals surface area contributed by atoms with E-state index in [2.05, 4.69) is 13.8 Å². The smallest absolute Gasteiger partial charge is 0.349 e. The van der Waals surface area contributed by atoms with Gasteiger partial charge >= 0.3 is 5.97 Å². The van der Waals surface area contributed by atoms with E-state index >= 15 is 0 Å². The molecule has 2 atom stereocenters. The van der Waals surface area contributed by atoms with Crippen molar-refractivity contribution < 1.29 is 14.3 Å². The van der Waals surface area contributed by atoms with E-state index in [1.807, 2.05) is 49.3 Å². The van der Waals surface area contributed by atoms with E-state index in [0.29, 0.717) is 24.9 Å². The molecule has 0 aliphatic carbocycles. The number of benzene rings is 1. The highest BCUT2D eigenvalue weighted by Crippen LogP contribution is 2.21. The summed E-state index contributed by atoms with van der Waals surface area (Å²) in [6, 6.07) is 9.29. The van der Waals surface area contributed by atoms with Gasteiger partial charge in [-0.2, -0.15) is 5.26 Å². The second kappa shape index (κ2) is 9.22. The number of hydrogen-bond acceptors (Lipinski definition) is 5. The third kappa shape index (κ3) is 5.85. The molecule has 27 heavy (non-hydrogen) atoms. The number of amides is 1. The quantitative estimate of drug-likeness (QED) is 0.453. The van der Waals surface area contributed by atoms with E-state index in [1.54, 1.807) is 4.90 Å². The van der Waals surface area contributed by atoms with Crippen molar-refractivity contribution in [1.29, 1.82) is 5.26 Å². The van der Waals surface area contributed by atoms with Gasteiger partial charge in [-0.15, -0.1) is 0 Å². The molecule has 1 amide bonds. The Labute approximate surface area is 161 Å². The summed E-state index contributed by atoms with van der Waals surface area (Å²) >= 11 is 0. The molecular weight excluding hydrogens is 342 g/mol. The van der Waals surface area contributed by atoms with Crippen molar-refractivity contribution in [3.05, 3.63) is 35.4 Å². The van der Waals surface area contributed by atoms with Crippen LogP contribution in [0.25, 0.3) is 6.08 Å². The highest BCUT2D eigenvalue weighted by atomic mass is 16.5. The maximum absolute atomic E-state index is 12.3. The van der Waals surface area contributed by atoms with Crippen molar-refractivity contribution in [2.24, 2.45) is 11.8 Å². The zero-order valence-electron chi connectivity index (χ0n) is 16.4. The van der Waals surface area contributed by atoms with Crippen LogP contribution in [0, 0.1) is 23.2 Å². The van der Waals surface area contributed by atoms with Crippen molar-refractivity contribution in [1.82, 2.24) is 4.90 Å². The van der Waals surface area contributed by atoms with E-state index in [1.165, 1.54) is 6.08 Å². The molecule has 0 N–H and O–H groups in total. The summed E-state index contributed by atoms with van der Waals surface area (Å²) in [6.45, 7) is 5.25. The van der Waals surface area contributed by atoms with Crippen LogP contribution in [0.15, 0.2) is 29.8 Å². The summed E-state index contributed by atoms with van der Waals surface area (Å²) in [5.41, 5.74) is 1.61. The lowest BCUT2D eigenvalue weighted by Crippen LogP contribution is -2.44. The molecule has 1 heterocycles. The average molecular weight is 369 g/mol. The van der Waals surface area contributed by atoms with E-state index in [-0.39, 0.29) is 18.1 Å². The molecule has 0 radical (unpaired) electrons. The first kappa shape index (κ1) is 20.5. The molecule has 144 valence electrons. The van der Waals surface area contributed by atoms with Crippen molar-refractivity contribution in [2.75, 3.05) is 38.7 Å². The molecule has 1 aromatic rings. The molecule has 1 aromatic carbocycles. The minimum absolute atomic E-state index is 0.124. The minimum Gasteiger partial charge on any atom is -0.451 e. The van der Waals surface area contributed by atoms with Crippen LogP contribution < -0.4 is 4.90 Å². The van der Waals surface area contributed by atoms with Crippen LogP contribution in [-0.2, 0) is 14.3 Å². The molecule has 0 saturated carbocycles. The molecule has 0 aromatic heterocycles. The Balaban J connectivity index is 1.96. The van der Waals surface area contributed by atoms with E-state index in [9.17, 15) is 14.9 Å². The number of hydrogen-bond donors (Lipinski definition) is 0. The number of likely N-dealkylation sites (tertiary alicyclic amines) is 1. The second-order valence-corrected chi connectivity index (χ2v) is 7.48. The monoisotopic (exact) mass is 369 g/mol. The van der Waals surface area contributed by atoms with Crippen LogP contribution in [0.4, 0.5) is 5.69 Å². The number of piperidine rings is 1. The number of anilines is 1. The number of ether oxygens (including phenoxy) is 1. The summed E-state index contributed by atoms with van der Waals surface area (Å²) < 4.78 is 5.09. The number of nitriles is 1. The lowest BCUT2D eigenvalue weighted by molar-refractivity contribution is -0.149. The number of esters is 1. The Bertz CT molecular complexity index is 737. The first-order valence-electron chi connectivity index (χ1n) is 9.14. The summed E-state index contributed by atoms with van der Waals surface area (Å²) in [4.78, 5) is 28.2. The van der Waals surface area contributed by atoms with Crippen LogP contribution in [0.3, 0.4) is 0 Å². The summed E-state index contributed by atoms with van der Waals surface area (Å²) in [6.07, 6.45) is 2.56. The Morgan fingerprint density at radius 2 is 1.81 bits per heavy atom. The minimum atomic E-state index is -0.777. The molecule has 0 unspecified atom stereocenters. The number of nitrogens with zero attached hydrogens (tertiary/aromatic N) is 3. The average Bonchev–Trinajstić information content (AvgIpc) is 2.63. The topological polar surface area (TPSA) is 73.6 Å². The second-order valence-electron chi connectivity index (χ2n) is 7.48.